The first-order chi connectivity index (χ1) is 12.0. The van der Waals surface area contributed by atoms with E-state index in [1.165, 1.54) is 12.1 Å². The Balaban J connectivity index is 1.85. The van der Waals surface area contributed by atoms with Crippen LogP contribution in [0.1, 0.15) is 25.0 Å². The van der Waals surface area contributed by atoms with Gasteiger partial charge < -0.3 is 5.11 Å². The number of pyridine rings is 1. The molecule has 2 aromatic carbocycles. The minimum Gasteiger partial charge on any atom is -0.384 e. The highest BCUT2D eigenvalue weighted by Gasteiger charge is 2.33. The van der Waals surface area contributed by atoms with Crippen molar-refractivity contribution in [2.24, 2.45) is 5.92 Å². The van der Waals surface area contributed by atoms with E-state index >= 15 is 0 Å². The molecule has 0 bridgehead atoms. The SMILES string of the molecule is CC(C)C(O)(Cc1ccc(-c2ccc(F)cc2)cc1)c1cccnc1. The Bertz CT molecular complexity index is 813. The molecule has 1 heterocycles. The Hall–Kier alpha value is -2.52. The number of aliphatic hydroxyl groups is 1. The van der Waals surface area contributed by atoms with Crippen LogP contribution in [-0.4, -0.2) is 10.1 Å². The van der Waals surface area contributed by atoms with Crippen molar-refractivity contribution in [3.63, 3.8) is 0 Å². The van der Waals surface area contributed by atoms with E-state index in [9.17, 15) is 9.50 Å². The highest BCUT2D eigenvalue weighted by atomic mass is 19.1. The molecular weight excluding hydrogens is 313 g/mol. The molecule has 25 heavy (non-hydrogen) atoms. The van der Waals surface area contributed by atoms with Gasteiger partial charge in [-0.25, -0.2) is 4.39 Å². The molecule has 0 fully saturated rings. The number of nitrogens with zero attached hydrogens (tertiary/aromatic N) is 1. The lowest BCUT2D eigenvalue weighted by atomic mass is 9.79. The van der Waals surface area contributed by atoms with E-state index in [4.69, 9.17) is 0 Å². The average molecular weight is 335 g/mol. The molecule has 2 nitrogen and oxygen atoms in total. The van der Waals surface area contributed by atoms with Gasteiger partial charge in [-0.1, -0.05) is 56.3 Å². The zero-order chi connectivity index (χ0) is 17.9. The Morgan fingerprint density at radius 1 is 0.960 bits per heavy atom. The van der Waals surface area contributed by atoms with Crippen molar-refractivity contribution in [1.29, 1.82) is 0 Å². The van der Waals surface area contributed by atoms with Gasteiger partial charge in [0.1, 0.15) is 5.82 Å². The lowest BCUT2D eigenvalue weighted by Crippen LogP contribution is -2.34. The zero-order valence-electron chi connectivity index (χ0n) is 14.5. The number of rotatable bonds is 5. The van der Waals surface area contributed by atoms with Gasteiger partial charge >= 0.3 is 0 Å². The quantitative estimate of drug-likeness (QED) is 0.714. The molecule has 3 heteroatoms. The van der Waals surface area contributed by atoms with Gasteiger partial charge in [-0.2, -0.15) is 0 Å². The fraction of sp³-hybridized carbons (Fsp3) is 0.227. The average Bonchev–Trinajstić information content (AvgIpc) is 2.63. The molecule has 0 amide bonds. The molecule has 0 saturated heterocycles. The molecule has 128 valence electrons. The van der Waals surface area contributed by atoms with Crippen LogP contribution < -0.4 is 0 Å². The molecule has 1 aromatic heterocycles. The summed E-state index contributed by atoms with van der Waals surface area (Å²) < 4.78 is 13.1. The van der Waals surface area contributed by atoms with E-state index in [0.717, 1.165) is 22.3 Å². The van der Waals surface area contributed by atoms with Gasteiger partial charge in [0, 0.05) is 24.4 Å². The van der Waals surface area contributed by atoms with Crippen LogP contribution in [0.25, 0.3) is 11.1 Å². The molecule has 1 unspecified atom stereocenters. The summed E-state index contributed by atoms with van der Waals surface area (Å²) in [5.74, 6) is -0.188. The van der Waals surface area contributed by atoms with Gasteiger partial charge in [0.2, 0.25) is 0 Å². The third-order valence-corrected chi connectivity index (χ3v) is 4.72. The molecule has 1 atom stereocenters. The Morgan fingerprint density at radius 3 is 2.08 bits per heavy atom. The molecule has 0 saturated carbocycles. The minimum absolute atomic E-state index is 0.0495. The van der Waals surface area contributed by atoms with Gasteiger partial charge in [-0.15, -0.1) is 0 Å². The van der Waals surface area contributed by atoms with Crippen LogP contribution >= 0.6 is 0 Å². The predicted molar refractivity (Wildman–Crippen MR) is 98.5 cm³/mol. The Labute approximate surface area is 148 Å². The summed E-state index contributed by atoms with van der Waals surface area (Å²) in [5.41, 5.74) is 2.90. The second-order valence-electron chi connectivity index (χ2n) is 6.70. The zero-order valence-corrected chi connectivity index (χ0v) is 14.5. The number of aromatic nitrogens is 1. The molecule has 0 aliphatic rings. The highest BCUT2D eigenvalue weighted by Crippen LogP contribution is 2.33. The fourth-order valence-corrected chi connectivity index (χ4v) is 3.03. The molecule has 1 N–H and O–H groups in total. The largest absolute Gasteiger partial charge is 0.384 e. The maximum Gasteiger partial charge on any atom is 0.123 e. The lowest BCUT2D eigenvalue weighted by molar-refractivity contribution is -0.0103. The number of hydrogen-bond donors (Lipinski definition) is 1. The van der Waals surface area contributed by atoms with Gasteiger partial charge in [-0.05, 0) is 40.8 Å². The van der Waals surface area contributed by atoms with Gasteiger partial charge in [0.15, 0.2) is 0 Å². The summed E-state index contributed by atoms with van der Waals surface area (Å²) in [6.07, 6.45) is 3.95. The molecule has 0 aliphatic carbocycles. The smallest absolute Gasteiger partial charge is 0.123 e. The normalized spacial score (nSPS) is 13.6. The van der Waals surface area contributed by atoms with Crippen LogP contribution in [0.2, 0.25) is 0 Å². The van der Waals surface area contributed by atoms with Crippen molar-refractivity contribution in [1.82, 2.24) is 4.98 Å². The molecule has 0 spiro atoms. The second kappa shape index (κ2) is 7.16. The van der Waals surface area contributed by atoms with Crippen molar-refractivity contribution in [2.75, 3.05) is 0 Å². The van der Waals surface area contributed by atoms with E-state index in [1.807, 2.05) is 50.2 Å². The van der Waals surface area contributed by atoms with Gasteiger partial charge in [0.25, 0.3) is 0 Å². The summed E-state index contributed by atoms with van der Waals surface area (Å²) >= 11 is 0. The molecule has 0 aliphatic heterocycles. The van der Waals surface area contributed by atoms with Crippen LogP contribution in [0, 0.1) is 11.7 Å². The molecular formula is C22H22FNO. The molecule has 3 aromatic rings. The predicted octanol–water partition coefficient (Wildman–Crippen LogP) is 4.97. The van der Waals surface area contributed by atoms with Crippen LogP contribution in [-0.2, 0) is 12.0 Å². The summed E-state index contributed by atoms with van der Waals surface area (Å²) in [6.45, 7) is 4.03. The number of benzene rings is 2. The summed E-state index contributed by atoms with van der Waals surface area (Å²) in [4.78, 5) is 4.15. The van der Waals surface area contributed by atoms with Crippen LogP contribution in [0.5, 0.6) is 0 Å². The van der Waals surface area contributed by atoms with E-state index in [-0.39, 0.29) is 11.7 Å². The third-order valence-electron chi connectivity index (χ3n) is 4.72. The lowest BCUT2D eigenvalue weighted by Gasteiger charge is -2.32. The number of halogens is 1. The summed E-state index contributed by atoms with van der Waals surface area (Å²) in [5, 5.41) is 11.2. The minimum atomic E-state index is -0.967. The number of hydrogen-bond acceptors (Lipinski definition) is 2. The van der Waals surface area contributed by atoms with E-state index in [2.05, 4.69) is 4.98 Å². The first-order valence-electron chi connectivity index (χ1n) is 8.47. The van der Waals surface area contributed by atoms with E-state index in [1.54, 1.807) is 24.5 Å². The molecule has 3 rings (SSSR count). The van der Waals surface area contributed by atoms with Crippen molar-refractivity contribution < 1.29 is 9.50 Å². The van der Waals surface area contributed by atoms with Crippen molar-refractivity contribution in [3.05, 3.63) is 90.0 Å². The van der Waals surface area contributed by atoms with E-state index in [0.29, 0.717) is 6.42 Å². The Kier molecular flexibility index (Phi) is 4.95. The maximum absolute atomic E-state index is 13.1. The first kappa shape index (κ1) is 17.3. The third kappa shape index (κ3) is 3.77. The summed E-state index contributed by atoms with van der Waals surface area (Å²) in [7, 11) is 0. The monoisotopic (exact) mass is 335 g/mol. The summed E-state index contributed by atoms with van der Waals surface area (Å²) in [6, 6.07) is 18.3. The maximum atomic E-state index is 13.1. The standard InChI is InChI=1S/C22H22FNO/c1-16(2)22(25,20-4-3-13-24-15-20)14-17-5-7-18(8-6-17)19-9-11-21(23)12-10-19/h3-13,15-16,25H,14H2,1-2H3. The fourth-order valence-electron chi connectivity index (χ4n) is 3.03. The van der Waals surface area contributed by atoms with Gasteiger partial charge in [0.05, 0.1) is 5.60 Å². The van der Waals surface area contributed by atoms with Crippen molar-refractivity contribution in [3.8, 4) is 11.1 Å². The van der Waals surface area contributed by atoms with Crippen LogP contribution in [0.15, 0.2) is 73.1 Å². The first-order valence-corrected chi connectivity index (χ1v) is 8.47. The van der Waals surface area contributed by atoms with Crippen LogP contribution in [0.3, 0.4) is 0 Å². The van der Waals surface area contributed by atoms with Crippen molar-refractivity contribution >= 4 is 0 Å². The topological polar surface area (TPSA) is 33.1 Å². The van der Waals surface area contributed by atoms with Gasteiger partial charge in [-0.3, -0.25) is 4.98 Å². The second-order valence-corrected chi connectivity index (χ2v) is 6.70. The van der Waals surface area contributed by atoms with Crippen LogP contribution in [0.4, 0.5) is 4.39 Å². The highest BCUT2D eigenvalue weighted by molar-refractivity contribution is 5.63. The Morgan fingerprint density at radius 2 is 1.56 bits per heavy atom. The van der Waals surface area contributed by atoms with Crippen molar-refractivity contribution in [2.45, 2.75) is 25.9 Å². The molecule has 0 radical (unpaired) electrons. The van der Waals surface area contributed by atoms with E-state index < -0.39 is 5.60 Å².